The summed E-state index contributed by atoms with van der Waals surface area (Å²) in [5.74, 6) is 0.288. The maximum atomic E-state index is 11.4. The highest BCUT2D eigenvalue weighted by Crippen LogP contribution is 2.26. The number of primary amides is 1. The molecule has 3 aromatic rings. The Bertz CT molecular complexity index is 1020. The van der Waals surface area contributed by atoms with E-state index < -0.39 is 5.91 Å². The van der Waals surface area contributed by atoms with Gasteiger partial charge in [0.15, 0.2) is 0 Å². The monoisotopic (exact) mass is 389 g/mol. The van der Waals surface area contributed by atoms with Gasteiger partial charge >= 0.3 is 0 Å². The molecule has 1 saturated heterocycles. The summed E-state index contributed by atoms with van der Waals surface area (Å²) in [6.45, 7) is 5.93. The lowest BCUT2D eigenvalue weighted by atomic mass is 10.0. The van der Waals surface area contributed by atoms with Gasteiger partial charge in [-0.1, -0.05) is 18.2 Å². The molecule has 2 N–H and O–H groups in total. The van der Waals surface area contributed by atoms with Gasteiger partial charge in [0.1, 0.15) is 6.10 Å². The van der Waals surface area contributed by atoms with Crippen molar-refractivity contribution in [2.24, 2.45) is 5.73 Å². The van der Waals surface area contributed by atoms with Crippen LogP contribution in [0, 0.1) is 13.8 Å². The van der Waals surface area contributed by atoms with Crippen LogP contribution in [0.5, 0.6) is 0 Å². The van der Waals surface area contributed by atoms with Crippen LogP contribution >= 0.6 is 0 Å². The molecule has 0 unspecified atom stereocenters. The molecule has 1 aliphatic rings. The van der Waals surface area contributed by atoms with Crippen LogP contribution in [-0.4, -0.2) is 40.6 Å². The van der Waals surface area contributed by atoms with Crippen molar-refractivity contribution < 1.29 is 9.53 Å². The molecule has 7 nitrogen and oxygen atoms in total. The smallest absolute Gasteiger partial charge is 0.248 e. The number of aryl methyl sites for hydroxylation is 2. The van der Waals surface area contributed by atoms with Gasteiger partial charge in [-0.05, 0) is 43.7 Å². The van der Waals surface area contributed by atoms with E-state index in [-0.39, 0.29) is 6.10 Å². The van der Waals surface area contributed by atoms with Crippen molar-refractivity contribution in [3.8, 4) is 11.1 Å². The molecule has 2 aromatic heterocycles. The Morgan fingerprint density at radius 1 is 1.10 bits per heavy atom. The van der Waals surface area contributed by atoms with Crippen molar-refractivity contribution in [3.63, 3.8) is 0 Å². The normalized spacial score (nSPS) is 16.6. The number of morpholine rings is 1. The van der Waals surface area contributed by atoms with Crippen molar-refractivity contribution in [1.29, 1.82) is 0 Å². The third-order valence-electron chi connectivity index (χ3n) is 4.92. The molecule has 3 heterocycles. The minimum Gasteiger partial charge on any atom is -0.368 e. The number of pyridine rings is 1. The van der Waals surface area contributed by atoms with Gasteiger partial charge in [-0.2, -0.15) is 0 Å². The SMILES string of the molecule is Cc1cc(C)nc(N2CCO[C@H](c3ccc(-c4cccc(C(N)=O)c4)cn3)C2)n1. The highest BCUT2D eigenvalue weighted by atomic mass is 16.5. The number of amides is 1. The van der Waals surface area contributed by atoms with E-state index in [9.17, 15) is 4.79 Å². The lowest BCUT2D eigenvalue weighted by Crippen LogP contribution is -2.39. The number of aromatic nitrogens is 3. The molecular weight excluding hydrogens is 366 g/mol. The Morgan fingerprint density at radius 2 is 1.90 bits per heavy atom. The van der Waals surface area contributed by atoms with Crippen LogP contribution in [0.15, 0.2) is 48.7 Å². The van der Waals surface area contributed by atoms with Crippen molar-refractivity contribution in [1.82, 2.24) is 15.0 Å². The molecular formula is C22H23N5O2. The molecule has 7 heteroatoms. The van der Waals surface area contributed by atoms with Gasteiger partial charge in [-0.3, -0.25) is 9.78 Å². The summed E-state index contributed by atoms with van der Waals surface area (Å²) in [6.07, 6.45) is 1.64. The van der Waals surface area contributed by atoms with E-state index >= 15 is 0 Å². The van der Waals surface area contributed by atoms with Crippen LogP contribution in [0.3, 0.4) is 0 Å². The number of anilines is 1. The lowest BCUT2D eigenvalue weighted by Gasteiger charge is -2.33. The first kappa shape index (κ1) is 19.0. The van der Waals surface area contributed by atoms with Crippen LogP contribution in [0.1, 0.15) is 33.5 Å². The first-order valence-electron chi connectivity index (χ1n) is 9.54. The molecule has 0 radical (unpaired) electrons. The Hall–Kier alpha value is -3.32. The molecule has 0 saturated carbocycles. The average molecular weight is 389 g/mol. The summed E-state index contributed by atoms with van der Waals surface area (Å²) in [5.41, 5.74) is 10.4. The van der Waals surface area contributed by atoms with Crippen molar-refractivity contribution in [3.05, 3.63) is 71.3 Å². The maximum Gasteiger partial charge on any atom is 0.248 e. The highest BCUT2D eigenvalue weighted by Gasteiger charge is 2.25. The number of ether oxygens (including phenoxy) is 1. The first-order valence-corrected chi connectivity index (χ1v) is 9.54. The second-order valence-corrected chi connectivity index (χ2v) is 7.17. The molecule has 0 aliphatic carbocycles. The summed E-state index contributed by atoms with van der Waals surface area (Å²) in [6, 6.07) is 13.1. The zero-order chi connectivity index (χ0) is 20.4. The standard InChI is InChI=1S/C22H23N5O2/c1-14-10-15(2)26-22(25-14)27-8-9-29-20(13-27)19-7-6-18(12-24-19)16-4-3-5-17(11-16)21(23)28/h3-7,10-12,20H,8-9,13H2,1-2H3,(H2,23,28)/t20-/m0/s1. The fourth-order valence-corrected chi connectivity index (χ4v) is 3.48. The van der Waals surface area contributed by atoms with E-state index in [2.05, 4.69) is 19.9 Å². The molecule has 0 spiro atoms. The molecule has 1 fully saturated rings. The average Bonchev–Trinajstić information content (AvgIpc) is 2.73. The largest absolute Gasteiger partial charge is 0.368 e. The highest BCUT2D eigenvalue weighted by molar-refractivity contribution is 5.94. The van der Waals surface area contributed by atoms with Gasteiger partial charge in [0.05, 0.1) is 18.8 Å². The molecule has 1 amide bonds. The molecule has 29 heavy (non-hydrogen) atoms. The minimum absolute atomic E-state index is 0.154. The van der Waals surface area contributed by atoms with Crippen molar-refractivity contribution in [2.45, 2.75) is 20.0 Å². The summed E-state index contributed by atoms with van der Waals surface area (Å²) < 4.78 is 5.95. The van der Waals surface area contributed by atoms with Crippen molar-refractivity contribution >= 4 is 11.9 Å². The Balaban J connectivity index is 1.53. The van der Waals surface area contributed by atoms with Gasteiger partial charge in [-0.15, -0.1) is 0 Å². The number of carbonyl (C=O) groups is 1. The predicted octanol–water partition coefficient (Wildman–Crippen LogP) is 2.83. The predicted molar refractivity (Wildman–Crippen MR) is 111 cm³/mol. The summed E-state index contributed by atoms with van der Waals surface area (Å²) in [7, 11) is 0. The zero-order valence-electron chi connectivity index (χ0n) is 16.5. The Labute approximate surface area is 169 Å². The molecule has 1 aliphatic heterocycles. The van der Waals surface area contributed by atoms with Gasteiger partial charge in [0, 0.05) is 35.3 Å². The number of nitrogens with two attached hydrogens (primary N) is 1. The third-order valence-corrected chi connectivity index (χ3v) is 4.92. The van der Waals surface area contributed by atoms with E-state index in [0.717, 1.165) is 40.7 Å². The minimum atomic E-state index is -0.444. The molecule has 148 valence electrons. The molecule has 1 atom stereocenters. The topological polar surface area (TPSA) is 94.2 Å². The van der Waals surface area contributed by atoms with Gasteiger partial charge in [0.25, 0.3) is 0 Å². The van der Waals surface area contributed by atoms with E-state index in [1.807, 2.05) is 44.2 Å². The molecule has 1 aromatic carbocycles. The number of carbonyl (C=O) groups excluding carboxylic acids is 1. The van der Waals surface area contributed by atoms with Crippen LogP contribution in [0.4, 0.5) is 5.95 Å². The van der Waals surface area contributed by atoms with Gasteiger partial charge in [-0.25, -0.2) is 9.97 Å². The van der Waals surface area contributed by atoms with Crippen LogP contribution in [-0.2, 0) is 4.74 Å². The second-order valence-electron chi connectivity index (χ2n) is 7.17. The third kappa shape index (κ3) is 4.25. The van der Waals surface area contributed by atoms with E-state index in [4.69, 9.17) is 10.5 Å². The van der Waals surface area contributed by atoms with E-state index in [1.165, 1.54) is 0 Å². The number of nitrogens with zero attached hydrogens (tertiary/aromatic N) is 4. The number of hydrogen-bond acceptors (Lipinski definition) is 6. The first-order chi connectivity index (χ1) is 14.0. The zero-order valence-corrected chi connectivity index (χ0v) is 16.5. The van der Waals surface area contributed by atoms with Crippen molar-refractivity contribution in [2.75, 3.05) is 24.6 Å². The van der Waals surface area contributed by atoms with Gasteiger partial charge < -0.3 is 15.4 Å². The fraction of sp³-hybridized carbons (Fsp3) is 0.273. The maximum absolute atomic E-state index is 11.4. The van der Waals surface area contributed by atoms with E-state index in [1.54, 1.807) is 18.3 Å². The lowest BCUT2D eigenvalue weighted by molar-refractivity contribution is 0.0364. The summed E-state index contributed by atoms with van der Waals surface area (Å²) in [5, 5.41) is 0. The van der Waals surface area contributed by atoms with Gasteiger partial charge in [0.2, 0.25) is 11.9 Å². The number of hydrogen-bond donors (Lipinski definition) is 1. The second kappa shape index (κ2) is 7.97. The number of benzene rings is 1. The molecule has 0 bridgehead atoms. The summed E-state index contributed by atoms with van der Waals surface area (Å²) >= 11 is 0. The Kier molecular flexibility index (Phi) is 5.22. The fourth-order valence-electron chi connectivity index (χ4n) is 3.48. The molecule has 4 rings (SSSR count). The summed E-state index contributed by atoms with van der Waals surface area (Å²) in [4.78, 5) is 27.3. The van der Waals surface area contributed by atoms with Crippen LogP contribution < -0.4 is 10.6 Å². The van der Waals surface area contributed by atoms with Crippen LogP contribution in [0.25, 0.3) is 11.1 Å². The Morgan fingerprint density at radius 3 is 2.59 bits per heavy atom. The quantitative estimate of drug-likeness (QED) is 0.737. The van der Waals surface area contributed by atoms with Crippen LogP contribution in [0.2, 0.25) is 0 Å². The van der Waals surface area contributed by atoms with E-state index in [0.29, 0.717) is 18.7 Å². The number of rotatable bonds is 4.